The fraction of sp³-hybridized carbons (Fsp3) is 0.0704. The normalized spacial score (nSPS) is 17.8. The second kappa shape index (κ2) is 13.8. The molecule has 2 aliphatic carbocycles. The van der Waals surface area contributed by atoms with Crippen LogP contribution >= 0.6 is 0 Å². The van der Waals surface area contributed by atoms with E-state index in [-0.39, 0.29) is 32.0 Å². The third-order valence-corrected chi connectivity index (χ3v) is 21.3. The van der Waals surface area contributed by atoms with Crippen molar-refractivity contribution in [3.05, 3.63) is 239 Å². The number of rotatable bonds is 0. The van der Waals surface area contributed by atoms with Gasteiger partial charge in [-0.15, -0.1) is 0 Å². The molecule has 8 aliphatic heterocycles. The van der Waals surface area contributed by atoms with Crippen LogP contribution in [0.25, 0.3) is 32.3 Å². The number of hydrogen-bond donors (Lipinski definition) is 1. The summed E-state index contributed by atoms with van der Waals surface area (Å²) in [5, 5.41) is 12.9. The topological polar surface area (TPSA) is 21.8 Å². The minimum atomic E-state index is 0.0389. The predicted octanol–water partition coefficient (Wildman–Crippen LogP) is 7.24. The van der Waals surface area contributed by atoms with Crippen LogP contribution in [-0.2, 0) is 6.42 Å². The molecule has 10 aliphatic rings. The molecule has 4 nitrogen and oxygen atoms in total. The highest BCUT2D eigenvalue weighted by atomic mass is 15.2. The molecule has 0 bridgehead atoms. The first kappa shape index (κ1) is 41.1. The van der Waals surface area contributed by atoms with Crippen LogP contribution in [0.5, 0.6) is 0 Å². The van der Waals surface area contributed by atoms with Gasteiger partial charge < -0.3 is 20.0 Å². The minimum Gasteiger partial charge on any atom is -0.356 e. The Labute approximate surface area is 465 Å². The Bertz CT molecular complexity index is 4750. The molecule has 0 saturated carbocycles. The standard InChI is InChI=1S/C71H41B5N4/c1-2-18-37-36(17-1)33-41-55-53(37)38-19-3-4-20-39(38)54-40-21-5-8-24-44(40)74-34-78-49-29-13-7-23-43(49)73-64-58-57(56(41)61(69(64)78)65(74)59(54)55)63-70-62-60(58)68-67-71-66(62)75(35-79(70)50-30-14-6-22-42(50)72-63)46-26-10-15-31-51(46)80(71)52-32-16-11-27-47(52)76(67)45-25-9-12-28-48(45)77-68/h1-32,53-54,77H,33-35H2. The van der Waals surface area contributed by atoms with Crippen LogP contribution in [-0.4, -0.2) is 47.6 Å². The Morgan fingerprint density at radius 2 is 0.925 bits per heavy atom. The van der Waals surface area contributed by atoms with Gasteiger partial charge >= 0.3 is 0 Å². The zero-order valence-electron chi connectivity index (χ0n) is 43.5. The lowest BCUT2D eigenvalue weighted by Crippen LogP contribution is -2.67. The first-order valence-electron chi connectivity index (χ1n) is 29.0. The molecule has 0 fully saturated rings. The van der Waals surface area contributed by atoms with Gasteiger partial charge in [0.05, 0.1) is 0 Å². The van der Waals surface area contributed by atoms with Crippen LogP contribution in [0.4, 0.5) is 51.2 Å². The largest absolute Gasteiger partial charge is 0.356 e. The summed E-state index contributed by atoms with van der Waals surface area (Å²) >= 11 is 0. The Kier molecular flexibility index (Phi) is 7.11. The molecule has 0 saturated heterocycles. The summed E-state index contributed by atoms with van der Waals surface area (Å²) in [7, 11) is 5.27. The summed E-state index contributed by atoms with van der Waals surface area (Å²) in [6, 6.07) is 75.3. The SMILES string of the molecule is [B]1c2ccccc2N2CB3c4ccccc4N4c5ccccc5B5c6ccccc6Nc6c5c4c3c3c2c1c1c2c4c5c7c8c2c2c(c1c63)[B]c1ccccc1N2CB8c1ccccc1C7c1ccccc1C5c1ccccc1C4. The maximum absolute atomic E-state index is 4.40. The van der Waals surface area contributed by atoms with Crippen molar-refractivity contribution in [2.45, 2.75) is 18.3 Å². The van der Waals surface area contributed by atoms with E-state index < -0.39 is 0 Å². The van der Waals surface area contributed by atoms with E-state index >= 15 is 0 Å². The van der Waals surface area contributed by atoms with Gasteiger partial charge in [0.1, 0.15) is 0 Å². The average Bonchev–Trinajstić information content (AvgIpc) is 2.28. The highest BCUT2D eigenvalue weighted by molar-refractivity contribution is 7.03. The van der Waals surface area contributed by atoms with Crippen LogP contribution < -0.4 is 80.1 Å². The molecule has 1 N–H and O–H groups in total. The molecule has 9 heteroatoms. The van der Waals surface area contributed by atoms with Crippen molar-refractivity contribution >= 4 is 178 Å². The third kappa shape index (κ3) is 4.47. The van der Waals surface area contributed by atoms with E-state index in [0.29, 0.717) is 0 Å². The first-order chi connectivity index (χ1) is 39.8. The number of benzene rings is 12. The molecule has 22 rings (SSSR count). The van der Waals surface area contributed by atoms with Crippen molar-refractivity contribution in [3.8, 4) is 0 Å². The van der Waals surface area contributed by atoms with Gasteiger partial charge in [-0.05, 0) is 136 Å². The lowest BCUT2D eigenvalue weighted by Gasteiger charge is -2.51. The first-order valence-corrected chi connectivity index (χ1v) is 29.0. The molecule has 8 heterocycles. The van der Waals surface area contributed by atoms with Crippen LogP contribution in [0, 0.1) is 0 Å². The maximum atomic E-state index is 4.40. The number of nitrogens with zero attached hydrogens (tertiary/aromatic N) is 3. The van der Waals surface area contributed by atoms with Gasteiger partial charge in [0, 0.05) is 92.1 Å². The lowest BCUT2D eigenvalue weighted by atomic mass is 9.29. The minimum absolute atomic E-state index is 0.0389. The summed E-state index contributed by atoms with van der Waals surface area (Å²) in [6.07, 6.45) is 2.62. The van der Waals surface area contributed by atoms with E-state index in [1.165, 1.54) is 172 Å². The van der Waals surface area contributed by atoms with Gasteiger partial charge in [0.25, 0.3) is 6.71 Å². The second-order valence-corrected chi connectivity index (χ2v) is 24.4. The molecule has 2 radical (unpaired) electrons. The maximum Gasteiger partial charge on any atom is 0.252 e. The van der Waals surface area contributed by atoms with Crippen LogP contribution in [0.3, 0.4) is 0 Å². The molecule has 0 amide bonds. The van der Waals surface area contributed by atoms with E-state index in [2.05, 4.69) is 229 Å². The Hall–Kier alpha value is -9.06. The smallest absolute Gasteiger partial charge is 0.252 e. The van der Waals surface area contributed by atoms with Crippen molar-refractivity contribution in [1.29, 1.82) is 0 Å². The summed E-state index contributed by atoms with van der Waals surface area (Å²) in [5.74, 6) is 0.271. The van der Waals surface area contributed by atoms with Crippen LogP contribution in [0.2, 0.25) is 0 Å². The van der Waals surface area contributed by atoms with E-state index in [0.717, 1.165) is 19.3 Å². The van der Waals surface area contributed by atoms with Crippen molar-refractivity contribution in [2.75, 3.05) is 32.9 Å². The van der Waals surface area contributed by atoms with Gasteiger partial charge in [0.15, 0.2) is 14.6 Å². The number of para-hydroxylation sites is 5. The monoisotopic (exact) mass is 1000 g/mol. The van der Waals surface area contributed by atoms with Crippen LogP contribution in [0.15, 0.2) is 194 Å². The number of nitrogens with one attached hydrogen (secondary N) is 1. The van der Waals surface area contributed by atoms with Gasteiger partial charge in [-0.2, -0.15) is 0 Å². The van der Waals surface area contributed by atoms with Crippen LogP contribution in [0.1, 0.15) is 56.3 Å². The molecule has 0 spiro atoms. The number of hydrogen-bond acceptors (Lipinski definition) is 4. The fourth-order valence-corrected chi connectivity index (χ4v) is 18.7. The van der Waals surface area contributed by atoms with E-state index in [9.17, 15) is 0 Å². The van der Waals surface area contributed by atoms with Gasteiger partial charge in [-0.3, -0.25) is 0 Å². The van der Waals surface area contributed by atoms with E-state index in [1.807, 2.05) is 0 Å². The Morgan fingerprint density at radius 1 is 0.400 bits per heavy atom. The quantitative estimate of drug-likeness (QED) is 0.128. The predicted molar refractivity (Wildman–Crippen MR) is 339 cm³/mol. The van der Waals surface area contributed by atoms with Gasteiger partial charge in [-0.25, -0.2) is 0 Å². The van der Waals surface area contributed by atoms with Crippen molar-refractivity contribution in [1.82, 2.24) is 0 Å². The molecule has 0 aromatic heterocycles. The summed E-state index contributed by atoms with van der Waals surface area (Å²) < 4.78 is 0. The molecular weight excluding hydrogens is 963 g/mol. The van der Waals surface area contributed by atoms with E-state index in [1.54, 1.807) is 16.6 Å². The third-order valence-electron chi connectivity index (χ3n) is 21.3. The summed E-state index contributed by atoms with van der Waals surface area (Å²) in [6.45, 7) is 0.343. The fourth-order valence-electron chi connectivity index (χ4n) is 18.7. The molecular formula is C71H41B5N4. The Balaban J connectivity index is 1.03. The highest BCUT2D eigenvalue weighted by Gasteiger charge is 2.54. The number of fused-ring (bicyclic) bond motifs is 27. The molecule has 2 atom stereocenters. The summed E-state index contributed by atoms with van der Waals surface area (Å²) in [4.78, 5) is 8.29. The zero-order chi connectivity index (χ0) is 51.1. The molecule has 2 unspecified atom stereocenters. The molecule has 12 aromatic carbocycles. The lowest BCUT2D eigenvalue weighted by molar-refractivity contribution is 0.790. The van der Waals surface area contributed by atoms with E-state index in [4.69, 9.17) is 0 Å². The summed E-state index contributed by atoms with van der Waals surface area (Å²) in [5.41, 5.74) is 39.3. The molecule has 360 valence electrons. The number of anilines is 9. The molecule has 12 aromatic rings. The highest BCUT2D eigenvalue weighted by Crippen LogP contribution is 2.59. The van der Waals surface area contributed by atoms with Gasteiger partial charge in [0.2, 0.25) is 13.4 Å². The van der Waals surface area contributed by atoms with Crippen molar-refractivity contribution in [3.63, 3.8) is 0 Å². The average molecular weight is 1000 g/mol. The van der Waals surface area contributed by atoms with Crippen molar-refractivity contribution < 1.29 is 0 Å². The van der Waals surface area contributed by atoms with Gasteiger partial charge in [-0.1, -0.05) is 186 Å². The molecule has 80 heavy (non-hydrogen) atoms. The second-order valence-electron chi connectivity index (χ2n) is 24.4. The zero-order valence-corrected chi connectivity index (χ0v) is 43.5. The van der Waals surface area contributed by atoms with Crippen molar-refractivity contribution in [2.24, 2.45) is 0 Å². The Morgan fingerprint density at radius 3 is 1.65 bits per heavy atom.